The molecule has 5 heteroatoms. The van der Waals surface area contributed by atoms with Gasteiger partial charge in [0.2, 0.25) is 11.9 Å². The minimum atomic E-state index is 0.134. The number of para-hydroxylation sites is 2. The van der Waals surface area contributed by atoms with Gasteiger partial charge in [0.25, 0.3) is 0 Å². The number of aryl methyl sites for hydroxylation is 4. The zero-order valence-corrected chi connectivity index (χ0v) is 15.4. The predicted molar refractivity (Wildman–Crippen MR) is 108 cm³/mol. The summed E-state index contributed by atoms with van der Waals surface area (Å²) in [5.74, 6) is 0.373. The van der Waals surface area contributed by atoms with E-state index in [4.69, 9.17) is 11.5 Å². The van der Waals surface area contributed by atoms with E-state index in [-0.39, 0.29) is 11.9 Å². The summed E-state index contributed by atoms with van der Waals surface area (Å²) in [6.45, 7) is 8.22. The molecule has 0 amide bonds. The predicted octanol–water partition coefficient (Wildman–Crippen LogP) is 3.80. The van der Waals surface area contributed by atoms with Crippen LogP contribution < -0.4 is 16.8 Å². The van der Waals surface area contributed by atoms with Gasteiger partial charge in [-0.05, 0) is 48.9 Å². The Morgan fingerprint density at radius 3 is 1.96 bits per heavy atom. The first kappa shape index (κ1) is 18.5. The molecule has 5 nitrogen and oxygen atoms in total. The molecule has 0 spiro atoms. The summed E-state index contributed by atoms with van der Waals surface area (Å²) in [5.41, 5.74) is 18.4. The quantitative estimate of drug-likeness (QED) is 0.585. The highest BCUT2D eigenvalue weighted by Crippen LogP contribution is 2.23. The van der Waals surface area contributed by atoms with E-state index in [9.17, 15) is 0 Å². The van der Waals surface area contributed by atoms with Gasteiger partial charge in [-0.3, -0.25) is 0 Å². The molecular formula is C20H27N5. The standard InChI is InChI=1S/C20H27N5/c1-5-15-11-8-12-16(6-2)18(15)24-20(22)25-19(21)23-17-13(3)9-7-10-14(17)4/h7-12H,5-6H2,1-4H3,(H5,21,22,23,24,25). The fraction of sp³-hybridized carbons (Fsp3) is 0.300. The second-order valence-electron chi connectivity index (χ2n) is 5.99. The molecule has 0 saturated carbocycles. The highest BCUT2D eigenvalue weighted by molar-refractivity contribution is 6.02. The van der Waals surface area contributed by atoms with E-state index < -0.39 is 0 Å². The number of anilines is 1. The van der Waals surface area contributed by atoms with Crippen molar-refractivity contribution in [2.45, 2.75) is 40.5 Å². The Morgan fingerprint density at radius 1 is 0.920 bits per heavy atom. The van der Waals surface area contributed by atoms with E-state index in [1.807, 2.05) is 32.0 Å². The summed E-state index contributed by atoms with van der Waals surface area (Å²) in [5, 5.41) is 3.19. The summed E-state index contributed by atoms with van der Waals surface area (Å²) < 4.78 is 0. The molecular weight excluding hydrogens is 310 g/mol. The van der Waals surface area contributed by atoms with Crippen molar-refractivity contribution < 1.29 is 0 Å². The molecule has 0 aliphatic rings. The van der Waals surface area contributed by atoms with E-state index >= 15 is 0 Å². The summed E-state index contributed by atoms with van der Waals surface area (Å²) in [7, 11) is 0. The molecule has 0 aromatic heterocycles. The number of aliphatic imine (C=N–C) groups is 2. The summed E-state index contributed by atoms with van der Waals surface area (Å²) in [6, 6.07) is 12.2. The lowest BCUT2D eigenvalue weighted by Crippen LogP contribution is -2.27. The van der Waals surface area contributed by atoms with Crippen LogP contribution in [-0.4, -0.2) is 11.9 Å². The molecule has 0 aliphatic carbocycles. The third-order valence-corrected chi connectivity index (χ3v) is 4.15. The summed E-state index contributed by atoms with van der Waals surface area (Å²) in [4.78, 5) is 8.62. The van der Waals surface area contributed by atoms with Crippen molar-refractivity contribution in [2.75, 3.05) is 5.32 Å². The van der Waals surface area contributed by atoms with Crippen LogP contribution in [0.4, 0.5) is 11.4 Å². The third-order valence-electron chi connectivity index (χ3n) is 4.15. The van der Waals surface area contributed by atoms with Crippen LogP contribution in [0.2, 0.25) is 0 Å². The maximum atomic E-state index is 6.06. The normalized spacial score (nSPS) is 12.3. The lowest BCUT2D eigenvalue weighted by atomic mass is 10.0. The van der Waals surface area contributed by atoms with Crippen LogP contribution in [0.25, 0.3) is 0 Å². The number of benzene rings is 2. The highest BCUT2D eigenvalue weighted by Gasteiger charge is 2.08. The van der Waals surface area contributed by atoms with Gasteiger partial charge in [-0.2, -0.15) is 4.99 Å². The van der Waals surface area contributed by atoms with E-state index in [0.29, 0.717) is 0 Å². The second kappa shape index (κ2) is 8.33. The molecule has 0 bridgehead atoms. The Kier molecular flexibility index (Phi) is 6.17. The van der Waals surface area contributed by atoms with Gasteiger partial charge < -0.3 is 16.8 Å². The molecule has 0 heterocycles. The minimum absolute atomic E-state index is 0.134. The second-order valence-corrected chi connectivity index (χ2v) is 5.99. The Bertz CT molecular complexity index is 763. The Morgan fingerprint density at radius 2 is 1.44 bits per heavy atom. The van der Waals surface area contributed by atoms with Gasteiger partial charge in [-0.25, -0.2) is 4.99 Å². The Balaban J connectivity index is 2.29. The SMILES string of the molecule is CCc1cccc(CC)c1N/C(N)=N\C(N)=Nc1c(C)cccc1C. The smallest absolute Gasteiger partial charge is 0.223 e. The number of guanidine groups is 2. The van der Waals surface area contributed by atoms with Gasteiger partial charge in [0.15, 0.2) is 0 Å². The molecule has 2 rings (SSSR count). The molecule has 0 saturated heterocycles. The average Bonchev–Trinajstić information content (AvgIpc) is 2.58. The molecule has 0 radical (unpaired) electrons. The molecule has 0 aliphatic heterocycles. The number of nitrogens with two attached hydrogens (primary N) is 2. The van der Waals surface area contributed by atoms with Gasteiger partial charge in [0.1, 0.15) is 0 Å². The van der Waals surface area contributed by atoms with Crippen LogP contribution in [-0.2, 0) is 12.8 Å². The molecule has 0 fully saturated rings. The van der Waals surface area contributed by atoms with Crippen LogP contribution in [0.5, 0.6) is 0 Å². The van der Waals surface area contributed by atoms with Crippen molar-refractivity contribution >= 4 is 23.3 Å². The molecule has 5 N–H and O–H groups in total. The fourth-order valence-electron chi connectivity index (χ4n) is 2.80. The topological polar surface area (TPSA) is 88.8 Å². The summed E-state index contributed by atoms with van der Waals surface area (Å²) in [6.07, 6.45) is 1.82. The first-order valence-corrected chi connectivity index (χ1v) is 8.58. The van der Waals surface area contributed by atoms with Gasteiger partial charge >= 0.3 is 0 Å². The number of nitrogens with one attached hydrogen (secondary N) is 1. The maximum Gasteiger partial charge on any atom is 0.223 e. The largest absolute Gasteiger partial charge is 0.369 e. The monoisotopic (exact) mass is 337 g/mol. The van der Waals surface area contributed by atoms with Crippen LogP contribution in [0, 0.1) is 13.8 Å². The molecule has 0 atom stereocenters. The van der Waals surface area contributed by atoms with Crippen molar-refractivity contribution in [3.05, 3.63) is 58.7 Å². The maximum absolute atomic E-state index is 6.06. The zero-order valence-electron chi connectivity index (χ0n) is 15.4. The molecule has 2 aromatic carbocycles. The van der Waals surface area contributed by atoms with Crippen LogP contribution in [0.1, 0.15) is 36.1 Å². The number of nitrogens with zero attached hydrogens (tertiary/aromatic N) is 2. The molecule has 2 aromatic rings. The van der Waals surface area contributed by atoms with Crippen molar-refractivity contribution in [3.8, 4) is 0 Å². The van der Waals surface area contributed by atoms with E-state index in [2.05, 4.69) is 47.3 Å². The van der Waals surface area contributed by atoms with Gasteiger partial charge in [-0.15, -0.1) is 0 Å². The molecule has 132 valence electrons. The minimum Gasteiger partial charge on any atom is -0.369 e. The third kappa shape index (κ3) is 4.59. The van der Waals surface area contributed by atoms with E-state index in [0.717, 1.165) is 35.3 Å². The van der Waals surface area contributed by atoms with Gasteiger partial charge in [0, 0.05) is 5.69 Å². The van der Waals surface area contributed by atoms with Gasteiger partial charge in [-0.1, -0.05) is 50.2 Å². The Labute approximate surface area is 149 Å². The summed E-state index contributed by atoms with van der Waals surface area (Å²) >= 11 is 0. The number of hydrogen-bond acceptors (Lipinski definition) is 1. The average molecular weight is 337 g/mol. The molecule has 0 unspecified atom stereocenters. The zero-order chi connectivity index (χ0) is 18.4. The number of hydrogen-bond donors (Lipinski definition) is 3. The Hall–Kier alpha value is -2.82. The van der Waals surface area contributed by atoms with Crippen LogP contribution >= 0.6 is 0 Å². The van der Waals surface area contributed by atoms with Crippen LogP contribution in [0.3, 0.4) is 0 Å². The van der Waals surface area contributed by atoms with Crippen molar-refractivity contribution in [2.24, 2.45) is 21.5 Å². The van der Waals surface area contributed by atoms with Gasteiger partial charge in [0.05, 0.1) is 5.69 Å². The number of rotatable bonds is 4. The van der Waals surface area contributed by atoms with Crippen molar-refractivity contribution in [1.82, 2.24) is 0 Å². The van der Waals surface area contributed by atoms with Crippen LogP contribution in [0.15, 0.2) is 46.4 Å². The lowest BCUT2D eigenvalue weighted by molar-refractivity contribution is 1.09. The van der Waals surface area contributed by atoms with Crippen molar-refractivity contribution in [1.29, 1.82) is 0 Å². The van der Waals surface area contributed by atoms with E-state index in [1.54, 1.807) is 0 Å². The van der Waals surface area contributed by atoms with E-state index in [1.165, 1.54) is 11.1 Å². The first-order valence-electron chi connectivity index (χ1n) is 8.58. The lowest BCUT2D eigenvalue weighted by Gasteiger charge is -2.14. The molecule has 25 heavy (non-hydrogen) atoms. The highest BCUT2D eigenvalue weighted by atomic mass is 15.2. The van der Waals surface area contributed by atoms with Crippen molar-refractivity contribution in [3.63, 3.8) is 0 Å². The fourth-order valence-corrected chi connectivity index (χ4v) is 2.80. The first-order chi connectivity index (χ1) is 12.0.